The maximum Gasteiger partial charge on any atom is 0.125 e. The molecule has 1 aromatic heterocycles. The summed E-state index contributed by atoms with van der Waals surface area (Å²) in [6, 6.07) is 18.7. The Bertz CT molecular complexity index is 738. The van der Waals surface area contributed by atoms with Gasteiger partial charge in [0.2, 0.25) is 0 Å². The molecular formula is C16H14N2S. The first-order valence-electron chi connectivity index (χ1n) is 6.07. The van der Waals surface area contributed by atoms with Gasteiger partial charge in [-0.15, -0.1) is 11.8 Å². The molecule has 2 N–H and O–H groups in total. The van der Waals surface area contributed by atoms with E-state index in [4.69, 9.17) is 5.73 Å². The maximum absolute atomic E-state index is 5.86. The summed E-state index contributed by atoms with van der Waals surface area (Å²) in [5, 5.41) is 2.45. The number of thioether (sulfide) groups is 1. The molecule has 0 radical (unpaired) electrons. The molecule has 2 aromatic carbocycles. The molecule has 1 heterocycles. The SMILES string of the molecule is CSc1cc(N)nc(-c2ccc3ccccc3c2)c1. The molecule has 3 aromatic rings. The van der Waals surface area contributed by atoms with Crippen LogP contribution in [0.2, 0.25) is 0 Å². The smallest absolute Gasteiger partial charge is 0.125 e. The lowest BCUT2D eigenvalue weighted by atomic mass is 10.0. The fraction of sp³-hybridized carbons (Fsp3) is 0.0625. The summed E-state index contributed by atoms with van der Waals surface area (Å²) in [7, 11) is 0. The highest BCUT2D eigenvalue weighted by molar-refractivity contribution is 7.98. The normalized spacial score (nSPS) is 10.8. The lowest BCUT2D eigenvalue weighted by molar-refractivity contribution is 1.28. The molecule has 0 fully saturated rings. The molecule has 0 atom stereocenters. The van der Waals surface area contributed by atoms with Gasteiger partial charge in [-0.05, 0) is 35.2 Å². The van der Waals surface area contributed by atoms with E-state index in [-0.39, 0.29) is 0 Å². The largest absolute Gasteiger partial charge is 0.384 e. The summed E-state index contributed by atoms with van der Waals surface area (Å²) in [5.74, 6) is 0.565. The van der Waals surface area contributed by atoms with Crippen molar-refractivity contribution in [1.29, 1.82) is 0 Å². The van der Waals surface area contributed by atoms with Crippen LogP contribution in [-0.4, -0.2) is 11.2 Å². The van der Waals surface area contributed by atoms with E-state index in [0.29, 0.717) is 5.82 Å². The Morgan fingerprint density at radius 1 is 0.947 bits per heavy atom. The van der Waals surface area contributed by atoms with E-state index in [0.717, 1.165) is 16.2 Å². The zero-order valence-electron chi connectivity index (χ0n) is 10.6. The number of nitrogens with zero attached hydrogens (tertiary/aromatic N) is 1. The van der Waals surface area contributed by atoms with Crippen LogP contribution in [-0.2, 0) is 0 Å². The molecule has 3 rings (SSSR count). The van der Waals surface area contributed by atoms with Gasteiger partial charge < -0.3 is 5.73 Å². The van der Waals surface area contributed by atoms with Crippen LogP contribution in [0.15, 0.2) is 59.5 Å². The van der Waals surface area contributed by atoms with Crippen molar-refractivity contribution in [3.8, 4) is 11.3 Å². The molecule has 0 saturated carbocycles. The fourth-order valence-corrected chi connectivity index (χ4v) is 2.61. The summed E-state index contributed by atoms with van der Waals surface area (Å²) < 4.78 is 0. The summed E-state index contributed by atoms with van der Waals surface area (Å²) in [6.45, 7) is 0. The standard InChI is InChI=1S/C16H14N2S/c1-19-14-9-15(18-16(17)10-14)13-7-6-11-4-2-3-5-12(11)8-13/h2-10H,1H3,(H2,17,18). The van der Waals surface area contributed by atoms with Crippen LogP contribution in [0.25, 0.3) is 22.0 Å². The number of hydrogen-bond acceptors (Lipinski definition) is 3. The van der Waals surface area contributed by atoms with Crippen molar-refractivity contribution in [1.82, 2.24) is 4.98 Å². The van der Waals surface area contributed by atoms with Crippen molar-refractivity contribution >= 4 is 28.4 Å². The van der Waals surface area contributed by atoms with Gasteiger partial charge in [0.25, 0.3) is 0 Å². The number of rotatable bonds is 2. The second kappa shape index (κ2) is 4.94. The van der Waals surface area contributed by atoms with Crippen LogP contribution in [0.5, 0.6) is 0 Å². The molecule has 0 amide bonds. The Morgan fingerprint density at radius 3 is 2.53 bits per heavy atom. The van der Waals surface area contributed by atoms with Gasteiger partial charge in [-0.1, -0.05) is 36.4 Å². The van der Waals surface area contributed by atoms with Crippen molar-refractivity contribution in [3.63, 3.8) is 0 Å². The molecule has 94 valence electrons. The van der Waals surface area contributed by atoms with Crippen molar-refractivity contribution in [2.24, 2.45) is 0 Å². The van der Waals surface area contributed by atoms with Gasteiger partial charge in [-0.3, -0.25) is 0 Å². The maximum atomic E-state index is 5.86. The van der Waals surface area contributed by atoms with Crippen molar-refractivity contribution in [2.45, 2.75) is 4.90 Å². The van der Waals surface area contributed by atoms with Crippen molar-refractivity contribution < 1.29 is 0 Å². The highest BCUT2D eigenvalue weighted by Gasteiger charge is 2.04. The molecule has 0 saturated heterocycles. The van der Waals surface area contributed by atoms with E-state index in [2.05, 4.69) is 41.4 Å². The zero-order chi connectivity index (χ0) is 13.2. The van der Waals surface area contributed by atoms with E-state index >= 15 is 0 Å². The predicted molar refractivity (Wildman–Crippen MR) is 83.4 cm³/mol. The van der Waals surface area contributed by atoms with Crippen LogP contribution in [0, 0.1) is 0 Å². The van der Waals surface area contributed by atoms with Gasteiger partial charge in [0.05, 0.1) is 5.69 Å². The lowest BCUT2D eigenvalue weighted by Crippen LogP contribution is -1.93. The third-order valence-electron chi connectivity index (χ3n) is 3.10. The highest BCUT2D eigenvalue weighted by atomic mass is 32.2. The summed E-state index contributed by atoms with van der Waals surface area (Å²) in [5.41, 5.74) is 7.88. The third kappa shape index (κ3) is 2.42. The highest BCUT2D eigenvalue weighted by Crippen LogP contribution is 2.27. The Hall–Kier alpha value is -2.00. The number of nitrogen functional groups attached to an aromatic ring is 1. The first kappa shape index (κ1) is 12.1. The van der Waals surface area contributed by atoms with E-state index in [1.807, 2.05) is 24.5 Å². The van der Waals surface area contributed by atoms with Gasteiger partial charge in [0.15, 0.2) is 0 Å². The quantitative estimate of drug-likeness (QED) is 0.706. The Labute approximate surface area is 116 Å². The van der Waals surface area contributed by atoms with Gasteiger partial charge >= 0.3 is 0 Å². The second-order valence-electron chi connectivity index (χ2n) is 4.38. The molecule has 3 heteroatoms. The summed E-state index contributed by atoms with van der Waals surface area (Å²) in [4.78, 5) is 5.56. The van der Waals surface area contributed by atoms with E-state index in [1.165, 1.54) is 10.8 Å². The molecule has 0 aliphatic carbocycles. The Balaban J connectivity index is 2.15. The van der Waals surface area contributed by atoms with Crippen LogP contribution in [0.3, 0.4) is 0 Å². The molecule has 0 unspecified atom stereocenters. The molecule has 2 nitrogen and oxygen atoms in total. The number of anilines is 1. The average molecular weight is 266 g/mol. The number of pyridine rings is 1. The second-order valence-corrected chi connectivity index (χ2v) is 5.26. The van der Waals surface area contributed by atoms with E-state index in [9.17, 15) is 0 Å². The third-order valence-corrected chi connectivity index (χ3v) is 3.81. The number of hydrogen-bond donors (Lipinski definition) is 1. The monoisotopic (exact) mass is 266 g/mol. The summed E-state index contributed by atoms with van der Waals surface area (Å²) in [6.07, 6.45) is 2.04. The van der Waals surface area contributed by atoms with Crippen LogP contribution in [0.1, 0.15) is 0 Å². The first-order chi connectivity index (χ1) is 9.26. The van der Waals surface area contributed by atoms with Crippen LogP contribution < -0.4 is 5.73 Å². The van der Waals surface area contributed by atoms with Crippen LogP contribution in [0.4, 0.5) is 5.82 Å². The van der Waals surface area contributed by atoms with E-state index in [1.54, 1.807) is 11.8 Å². The molecule has 0 aliphatic rings. The minimum atomic E-state index is 0.565. The predicted octanol–water partition coefficient (Wildman–Crippen LogP) is 4.21. The average Bonchev–Trinajstić information content (AvgIpc) is 2.46. The molecule has 0 spiro atoms. The fourth-order valence-electron chi connectivity index (χ4n) is 2.14. The van der Waals surface area contributed by atoms with Gasteiger partial charge in [0, 0.05) is 10.5 Å². The lowest BCUT2D eigenvalue weighted by Gasteiger charge is -2.06. The van der Waals surface area contributed by atoms with Crippen molar-refractivity contribution in [3.05, 3.63) is 54.6 Å². The number of benzene rings is 2. The molecule has 0 bridgehead atoms. The molecular weight excluding hydrogens is 252 g/mol. The first-order valence-corrected chi connectivity index (χ1v) is 7.29. The topological polar surface area (TPSA) is 38.9 Å². The van der Waals surface area contributed by atoms with Gasteiger partial charge in [0.1, 0.15) is 5.82 Å². The minimum Gasteiger partial charge on any atom is -0.384 e. The van der Waals surface area contributed by atoms with Gasteiger partial charge in [-0.25, -0.2) is 4.98 Å². The van der Waals surface area contributed by atoms with E-state index < -0.39 is 0 Å². The van der Waals surface area contributed by atoms with Crippen LogP contribution >= 0.6 is 11.8 Å². The minimum absolute atomic E-state index is 0.565. The number of fused-ring (bicyclic) bond motifs is 1. The molecule has 19 heavy (non-hydrogen) atoms. The zero-order valence-corrected chi connectivity index (χ0v) is 11.4. The molecule has 0 aliphatic heterocycles. The van der Waals surface area contributed by atoms with Gasteiger partial charge in [-0.2, -0.15) is 0 Å². The Kier molecular flexibility index (Phi) is 3.13. The summed E-state index contributed by atoms with van der Waals surface area (Å²) >= 11 is 1.68. The van der Waals surface area contributed by atoms with Crippen molar-refractivity contribution in [2.75, 3.05) is 12.0 Å². The number of aromatic nitrogens is 1. The Morgan fingerprint density at radius 2 is 1.74 bits per heavy atom. The number of nitrogens with two attached hydrogens (primary N) is 1.